The second-order valence-corrected chi connectivity index (χ2v) is 6.66. The summed E-state index contributed by atoms with van der Waals surface area (Å²) in [5, 5.41) is 0.584. The van der Waals surface area contributed by atoms with Gasteiger partial charge in [0.1, 0.15) is 5.69 Å². The van der Waals surface area contributed by atoms with Crippen LogP contribution in [0.25, 0.3) is 0 Å². The number of carbonyl (C=O) groups is 1. The molecule has 0 spiro atoms. The second-order valence-electron chi connectivity index (χ2n) is 6.22. The fraction of sp³-hybridized carbons (Fsp3) is 0.667. The number of hydrogen-bond acceptors (Lipinski definition) is 3. The topological polar surface area (TPSA) is 37.7 Å². The van der Waals surface area contributed by atoms with E-state index in [2.05, 4.69) is 18.7 Å². The highest BCUT2D eigenvalue weighted by Crippen LogP contribution is 2.20. The summed E-state index contributed by atoms with van der Waals surface area (Å²) in [6.45, 7) is 8.37. The molecule has 0 bridgehead atoms. The van der Waals surface area contributed by atoms with Crippen molar-refractivity contribution in [2.24, 2.45) is 7.05 Å². The fourth-order valence-corrected chi connectivity index (χ4v) is 2.85. The fourth-order valence-electron chi connectivity index (χ4n) is 2.60. The normalized spacial score (nSPS) is 17.0. The minimum absolute atomic E-state index is 0.0114. The van der Waals surface area contributed by atoms with Gasteiger partial charge in [-0.2, -0.15) is 0 Å². The van der Waals surface area contributed by atoms with Crippen molar-refractivity contribution in [1.29, 1.82) is 0 Å². The third kappa shape index (κ3) is 3.78. The summed E-state index contributed by atoms with van der Waals surface area (Å²) in [6, 6.07) is 1.71. The summed E-state index contributed by atoms with van der Waals surface area (Å²) in [4.78, 5) is 16.8. The molecule has 0 N–H and O–H groups in total. The van der Waals surface area contributed by atoms with Crippen LogP contribution in [-0.4, -0.2) is 65.7 Å². The maximum absolute atomic E-state index is 12.7. The van der Waals surface area contributed by atoms with Crippen LogP contribution in [0.4, 0.5) is 0 Å². The number of hydrogen-bond donors (Lipinski definition) is 0. The Kier molecular flexibility index (Phi) is 4.96. The zero-order chi connectivity index (χ0) is 15.6. The Labute approximate surface area is 131 Å². The van der Waals surface area contributed by atoms with Crippen LogP contribution in [0.15, 0.2) is 12.3 Å². The largest absolute Gasteiger partial charge is 0.379 e. The summed E-state index contributed by atoms with van der Waals surface area (Å²) in [5.41, 5.74) is 0.350. The van der Waals surface area contributed by atoms with Gasteiger partial charge in [-0.3, -0.25) is 9.69 Å². The van der Waals surface area contributed by atoms with Crippen molar-refractivity contribution < 1.29 is 9.53 Å². The molecule has 2 heterocycles. The van der Waals surface area contributed by atoms with Crippen LogP contribution < -0.4 is 0 Å². The lowest BCUT2D eigenvalue weighted by molar-refractivity contribution is 0.0102. The molecule has 1 aliphatic rings. The quantitative estimate of drug-likeness (QED) is 0.851. The highest BCUT2D eigenvalue weighted by Gasteiger charge is 2.32. The van der Waals surface area contributed by atoms with Crippen LogP contribution in [0, 0.1) is 0 Å². The van der Waals surface area contributed by atoms with Gasteiger partial charge in [0.2, 0.25) is 0 Å². The Morgan fingerprint density at radius 2 is 2.05 bits per heavy atom. The van der Waals surface area contributed by atoms with E-state index in [1.807, 2.05) is 14.1 Å². The monoisotopic (exact) mass is 313 g/mol. The number of likely N-dealkylation sites (N-methyl/N-ethyl adjacent to an activating group) is 1. The minimum Gasteiger partial charge on any atom is -0.379 e. The van der Waals surface area contributed by atoms with Gasteiger partial charge < -0.3 is 14.2 Å². The number of morpholine rings is 1. The third-order valence-electron chi connectivity index (χ3n) is 4.12. The first-order valence-electron chi connectivity index (χ1n) is 7.21. The van der Waals surface area contributed by atoms with Gasteiger partial charge in [-0.25, -0.2) is 0 Å². The van der Waals surface area contributed by atoms with E-state index in [1.165, 1.54) is 0 Å². The molecule has 6 heteroatoms. The number of aromatic nitrogens is 1. The van der Waals surface area contributed by atoms with E-state index in [0.29, 0.717) is 10.7 Å². The van der Waals surface area contributed by atoms with Gasteiger partial charge in [0.05, 0.1) is 18.2 Å². The smallest absolute Gasteiger partial charge is 0.270 e. The van der Waals surface area contributed by atoms with Gasteiger partial charge in [0, 0.05) is 45.5 Å². The Hall–Kier alpha value is -1.04. The Morgan fingerprint density at radius 1 is 1.43 bits per heavy atom. The predicted molar refractivity (Wildman–Crippen MR) is 83.9 cm³/mol. The van der Waals surface area contributed by atoms with Gasteiger partial charge in [-0.05, 0) is 19.9 Å². The Bertz CT molecular complexity index is 507. The van der Waals surface area contributed by atoms with Crippen LogP contribution in [0.5, 0.6) is 0 Å². The van der Waals surface area contributed by atoms with Crippen molar-refractivity contribution in [1.82, 2.24) is 14.4 Å². The second kappa shape index (κ2) is 6.38. The molecule has 0 radical (unpaired) electrons. The Balaban J connectivity index is 2.07. The van der Waals surface area contributed by atoms with E-state index >= 15 is 0 Å². The van der Waals surface area contributed by atoms with Gasteiger partial charge >= 0.3 is 0 Å². The lowest BCUT2D eigenvalue weighted by Crippen LogP contribution is -2.54. The molecular weight excluding hydrogens is 290 g/mol. The molecule has 0 aliphatic carbocycles. The summed E-state index contributed by atoms with van der Waals surface area (Å²) in [7, 11) is 3.69. The highest BCUT2D eigenvalue weighted by atomic mass is 35.5. The van der Waals surface area contributed by atoms with E-state index in [-0.39, 0.29) is 11.4 Å². The molecule has 2 rings (SSSR count). The van der Waals surface area contributed by atoms with Crippen molar-refractivity contribution in [2.75, 3.05) is 39.9 Å². The minimum atomic E-state index is -0.259. The Morgan fingerprint density at radius 3 is 2.57 bits per heavy atom. The first-order valence-corrected chi connectivity index (χ1v) is 7.59. The molecule has 0 saturated carbocycles. The summed E-state index contributed by atoms with van der Waals surface area (Å²) < 4.78 is 7.14. The third-order valence-corrected chi connectivity index (χ3v) is 4.32. The van der Waals surface area contributed by atoms with Crippen LogP contribution in [0.3, 0.4) is 0 Å². The van der Waals surface area contributed by atoms with Crippen molar-refractivity contribution >= 4 is 17.5 Å². The zero-order valence-electron chi connectivity index (χ0n) is 13.2. The van der Waals surface area contributed by atoms with E-state index in [1.54, 1.807) is 21.7 Å². The zero-order valence-corrected chi connectivity index (χ0v) is 14.0. The van der Waals surface area contributed by atoms with Gasteiger partial charge in [-0.1, -0.05) is 11.6 Å². The molecule has 21 heavy (non-hydrogen) atoms. The maximum atomic E-state index is 12.7. The molecule has 1 aromatic heterocycles. The van der Waals surface area contributed by atoms with Gasteiger partial charge in [0.15, 0.2) is 0 Å². The number of amides is 1. The molecule has 0 unspecified atom stereocenters. The molecule has 1 aliphatic heterocycles. The highest BCUT2D eigenvalue weighted by molar-refractivity contribution is 6.31. The molecular formula is C15H24ClN3O2. The summed E-state index contributed by atoms with van der Waals surface area (Å²) >= 11 is 5.97. The number of nitrogens with zero attached hydrogens (tertiary/aromatic N) is 3. The van der Waals surface area contributed by atoms with Crippen LogP contribution in [0.1, 0.15) is 24.3 Å². The van der Waals surface area contributed by atoms with Gasteiger partial charge in [0.25, 0.3) is 5.91 Å². The van der Waals surface area contributed by atoms with Crippen molar-refractivity contribution in [3.63, 3.8) is 0 Å². The van der Waals surface area contributed by atoms with Crippen LogP contribution in [0.2, 0.25) is 5.02 Å². The van der Waals surface area contributed by atoms with Crippen molar-refractivity contribution in [2.45, 2.75) is 19.4 Å². The van der Waals surface area contributed by atoms with E-state index in [4.69, 9.17) is 16.3 Å². The molecule has 5 nitrogen and oxygen atoms in total. The van der Waals surface area contributed by atoms with Crippen LogP contribution in [-0.2, 0) is 11.8 Å². The molecule has 1 amide bonds. The molecule has 118 valence electrons. The number of ether oxygens (including phenoxy) is 1. The summed E-state index contributed by atoms with van der Waals surface area (Å²) in [5.74, 6) is -0.0114. The lowest BCUT2D eigenvalue weighted by Gasteiger charge is -2.40. The first kappa shape index (κ1) is 16.3. The standard InChI is InChI=1S/C15H24ClN3O2/c1-15(2,11-19-5-7-21-8-6-19)18(4)14(20)13-9-12(16)10-17(13)3/h9-10H,5-8,11H2,1-4H3. The van der Waals surface area contributed by atoms with Crippen molar-refractivity contribution in [3.05, 3.63) is 23.0 Å². The van der Waals surface area contributed by atoms with E-state index in [9.17, 15) is 4.79 Å². The van der Waals surface area contributed by atoms with Crippen molar-refractivity contribution in [3.8, 4) is 0 Å². The van der Waals surface area contributed by atoms with Crippen LogP contribution >= 0.6 is 11.6 Å². The lowest BCUT2D eigenvalue weighted by atomic mass is 10.0. The SMILES string of the molecule is CN(C(=O)c1cc(Cl)cn1C)C(C)(C)CN1CCOCC1. The van der Waals surface area contributed by atoms with E-state index in [0.717, 1.165) is 32.8 Å². The molecule has 1 saturated heterocycles. The summed E-state index contributed by atoms with van der Waals surface area (Å²) in [6.07, 6.45) is 1.75. The molecule has 0 atom stereocenters. The van der Waals surface area contributed by atoms with E-state index < -0.39 is 0 Å². The first-order chi connectivity index (χ1) is 9.81. The predicted octanol–water partition coefficient (Wildman–Crippen LogP) is 1.86. The molecule has 0 aromatic carbocycles. The average Bonchev–Trinajstić information content (AvgIpc) is 2.76. The number of halogens is 1. The maximum Gasteiger partial charge on any atom is 0.270 e. The number of rotatable bonds is 4. The molecule has 1 aromatic rings. The van der Waals surface area contributed by atoms with Gasteiger partial charge in [-0.15, -0.1) is 0 Å². The number of carbonyl (C=O) groups excluding carboxylic acids is 1. The molecule has 1 fully saturated rings. The number of aryl methyl sites for hydroxylation is 1. The average molecular weight is 314 g/mol.